The van der Waals surface area contributed by atoms with E-state index in [1.54, 1.807) is 0 Å². The van der Waals surface area contributed by atoms with Crippen LogP contribution in [0.15, 0.2) is 65.8 Å². The van der Waals surface area contributed by atoms with E-state index >= 15 is 0 Å². The van der Waals surface area contributed by atoms with Crippen LogP contribution in [-0.2, 0) is 21.0 Å². The Morgan fingerprint density at radius 2 is 1.78 bits per heavy atom. The normalized spacial score (nSPS) is 15.4. The molecule has 0 spiro atoms. The molecule has 0 saturated heterocycles. The molecule has 3 aromatic rings. The first-order chi connectivity index (χ1) is 17.6. The minimum Gasteiger partial charge on any atom is -0.487 e. The van der Waals surface area contributed by atoms with Crippen molar-refractivity contribution in [2.24, 2.45) is 11.1 Å². The highest BCUT2D eigenvalue weighted by Gasteiger charge is 2.27. The van der Waals surface area contributed by atoms with Crippen LogP contribution in [0.25, 0.3) is 10.9 Å². The fourth-order valence-electron chi connectivity index (χ4n) is 4.66. The number of aromatic nitrogens is 1. The first kappa shape index (κ1) is 25.7. The van der Waals surface area contributed by atoms with Gasteiger partial charge in [0.15, 0.2) is 6.10 Å². The molecule has 0 N–H and O–H groups in total. The standard InChI is InChI=1S/C30H36N2O4/c1-3-34-29(33)20-13-22(2)32-36-30(24-10-5-4-6-11-24)25-15-18-27(19-16-25)35-21-26-17-14-23-9-7-8-12-28(23)31-26/h7-9,12,14-19,24,30H,3-6,10-11,13,20-21H2,1-2H3/b32-22-. The number of para-hydroxylation sites is 1. The topological polar surface area (TPSA) is 70.0 Å². The molecule has 1 unspecified atom stereocenters. The molecule has 0 amide bonds. The lowest BCUT2D eigenvalue weighted by Crippen LogP contribution is -2.18. The maximum absolute atomic E-state index is 11.7. The summed E-state index contributed by atoms with van der Waals surface area (Å²) in [6.45, 7) is 4.52. The predicted octanol–water partition coefficient (Wildman–Crippen LogP) is 7.17. The number of ether oxygens (including phenoxy) is 2. The molecule has 0 aliphatic heterocycles. The van der Waals surface area contributed by atoms with Gasteiger partial charge in [-0.2, -0.15) is 0 Å². The third kappa shape index (κ3) is 7.30. The Bertz CT molecular complexity index is 1150. The molecule has 4 rings (SSSR count). The number of pyridine rings is 1. The van der Waals surface area contributed by atoms with Crippen molar-refractivity contribution in [3.63, 3.8) is 0 Å². The first-order valence-electron chi connectivity index (χ1n) is 13.0. The fraction of sp³-hybridized carbons (Fsp3) is 0.433. The molecule has 36 heavy (non-hydrogen) atoms. The van der Waals surface area contributed by atoms with Crippen LogP contribution in [0.1, 0.15) is 76.2 Å². The molecular weight excluding hydrogens is 452 g/mol. The molecule has 1 fully saturated rings. The number of benzene rings is 2. The molecule has 6 nitrogen and oxygen atoms in total. The minimum atomic E-state index is -0.203. The van der Waals surface area contributed by atoms with Gasteiger partial charge in [0.25, 0.3) is 0 Å². The molecular formula is C30H36N2O4. The molecule has 2 aromatic carbocycles. The van der Waals surface area contributed by atoms with Gasteiger partial charge in [-0.15, -0.1) is 0 Å². The number of carbonyl (C=O) groups excluding carboxylic acids is 1. The van der Waals surface area contributed by atoms with Gasteiger partial charge in [0.05, 0.1) is 30.0 Å². The van der Waals surface area contributed by atoms with Crippen molar-refractivity contribution < 1.29 is 19.1 Å². The lowest BCUT2D eigenvalue weighted by Gasteiger charge is -2.29. The van der Waals surface area contributed by atoms with Crippen molar-refractivity contribution in [3.05, 3.63) is 71.9 Å². The van der Waals surface area contributed by atoms with Gasteiger partial charge < -0.3 is 14.3 Å². The molecule has 1 saturated carbocycles. The summed E-state index contributed by atoms with van der Waals surface area (Å²) in [5.41, 5.74) is 3.76. The summed E-state index contributed by atoms with van der Waals surface area (Å²) in [5, 5.41) is 5.52. The number of rotatable bonds is 11. The van der Waals surface area contributed by atoms with Crippen LogP contribution < -0.4 is 4.74 Å². The monoisotopic (exact) mass is 488 g/mol. The van der Waals surface area contributed by atoms with Crippen LogP contribution in [0.3, 0.4) is 0 Å². The van der Waals surface area contributed by atoms with E-state index in [-0.39, 0.29) is 12.1 Å². The van der Waals surface area contributed by atoms with Crippen LogP contribution in [0.5, 0.6) is 5.75 Å². The lowest BCUT2D eigenvalue weighted by molar-refractivity contribution is -0.142. The van der Waals surface area contributed by atoms with E-state index in [9.17, 15) is 4.79 Å². The molecule has 190 valence electrons. The lowest BCUT2D eigenvalue weighted by atomic mass is 9.83. The highest BCUT2D eigenvalue weighted by Crippen LogP contribution is 2.37. The largest absolute Gasteiger partial charge is 0.487 e. The second kappa shape index (κ2) is 13.1. The van der Waals surface area contributed by atoms with Crippen LogP contribution >= 0.6 is 0 Å². The SMILES string of the molecule is CCOC(=O)CC/C(C)=N\OC(c1ccc(OCc2ccc3ccccc3n2)cc1)C1CCCCC1. The highest BCUT2D eigenvalue weighted by molar-refractivity contribution is 5.85. The average Bonchev–Trinajstić information content (AvgIpc) is 2.92. The zero-order chi connectivity index (χ0) is 25.2. The van der Waals surface area contributed by atoms with Crippen LogP contribution in [-0.4, -0.2) is 23.3 Å². The number of oxime groups is 1. The van der Waals surface area contributed by atoms with Crippen molar-refractivity contribution >= 4 is 22.6 Å². The Kier molecular flexibility index (Phi) is 9.31. The van der Waals surface area contributed by atoms with Gasteiger partial charge in [-0.1, -0.05) is 60.8 Å². The summed E-state index contributed by atoms with van der Waals surface area (Å²) >= 11 is 0. The van der Waals surface area contributed by atoms with Gasteiger partial charge in [-0.25, -0.2) is 4.98 Å². The zero-order valence-electron chi connectivity index (χ0n) is 21.3. The number of hydrogen-bond donors (Lipinski definition) is 0. The van der Waals surface area contributed by atoms with Crippen molar-refractivity contribution in [2.45, 2.75) is 71.5 Å². The van der Waals surface area contributed by atoms with Crippen molar-refractivity contribution in [3.8, 4) is 5.75 Å². The smallest absolute Gasteiger partial charge is 0.306 e. The molecule has 1 heterocycles. The number of hydrogen-bond acceptors (Lipinski definition) is 6. The van der Waals surface area contributed by atoms with Crippen molar-refractivity contribution in [1.82, 2.24) is 4.98 Å². The van der Waals surface area contributed by atoms with Crippen LogP contribution in [0, 0.1) is 5.92 Å². The van der Waals surface area contributed by atoms with Gasteiger partial charge in [0.2, 0.25) is 0 Å². The molecule has 0 bridgehead atoms. The first-order valence-corrected chi connectivity index (χ1v) is 13.0. The molecule has 6 heteroatoms. The second-order valence-corrected chi connectivity index (χ2v) is 9.41. The van der Waals surface area contributed by atoms with Gasteiger partial charge in [-0.05, 0) is 62.9 Å². The summed E-state index contributed by atoms with van der Waals surface area (Å²) in [5.74, 6) is 1.02. The van der Waals surface area contributed by atoms with E-state index in [4.69, 9.17) is 14.3 Å². The number of carbonyl (C=O) groups is 1. The number of nitrogens with zero attached hydrogens (tertiary/aromatic N) is 2. The summed E-state index contributed by atoms with van der Waals surface area (Å²) < 4.78 is 11.0. The van der Waals surface area contributed by atoms with Crippen LogP contribution in [0.2, 0.25) is 0 Å². The fourth-order valence-corrected chi connectivity index (χ4v) is 4.66. The summed E-state index contributed by atoms with van der Waals surface area (Å²) in [6, 6.07) is 20.3. The van der Waals surface area contributed by atoms with Gasteiger partial charge in [0.1, 0.15) is 12.4 Å². The Morgan fingerprint density at radius 3 is 2.56 bits per heavy atom. The Labute approximate surface area is 213 Å². The summed E-state index contributed by atoms with van der Waals surface area (Å²) in [4.78, 5) is 22.5. The van der Waals surface area contributed by atoms with E-state index in [2.05, 4.69) is 34.4 Å². The third-order valence-electron chi connectivity index (χ3n) is 6.65. The van der Waals surface area contributed by atoms with E-state index in [0.717, 1.165) is 46.5 Å². The highest BCUT2D eigenvalue weighted by atomic mass is 16.6. The third-order valence-corrected chi connectivity index (χ3v) is 6.65. The Hall–Kier alpha value is -3.41. The van der Waals surface area contributed by atoms with Gasteiger partial charge >= 0.3 is 5.97 Å². The number of esters is 1. The van der Waals surface area contributed by atoms with Crippen molar-refractivity contribution in [2.75, 3.05) is 6.61 Å². The van der Waals surface area contributed by atoms with Gasteiger partial charge in [0, 0.05) is 11.3 Å². The quantitative estimate of drug-likeness (QED) is 0.163. The van der Waals surface area contributed by atoms with E-state index in [1.165, 1.54) is 19.3 Å². The van der Waals surface area contributed by atoms with E-state index < -0.39 is 0 Å². The Morgan fingerprint density at radius 1 is 1.00 bits per heavy atom. The molecule has 1 aliphatic rings. The van der Waals surface area contributed by atoms with Gasteiger partial charge in [-0.3, -0.25) is 4.79 Å². The summed E-state index contributed by atoms with van der Waals surface area (Å²) in [7, 11) is 0. The predicted molar refractivity (Wildman–Crippen MR) is 142 cm³/mol. The maximum Gasteiger partial charge on any atom is 0.306 e. The molecule has 1 atom stereocenters. The van der Waals surface area contributed by atoms with E-state index in [0.29, 0.717) is 32.0 Å². The molecule has 1 aliphatic carbocycles. The average molecular weight is 489 g/mol. The Balaban J connectivity index is 1.39. The van der Waals surface area contributed by atoms with Crippen LogP contribution in [0.4, 0.5) is 0 Å². The molecule has 0 radical (unpaired) electrons. The number of fused-ring (bicyclic) bond motifs is 1. The second-order valence-electron chi connectivity index (χ2n) is 9.41. The van der Waals surface area contributed by atoms with E-state index in [1.807, 2.05) is 50.2 Å². The summed E-state index contributed by atoms with van der Waals surface area (Å²) in [6.07, 6.45) is 6.72. The minimum absolute atomic E-state index is 0.112. The molecule has 1 aromatic heterocycles. The maximum atomic E-state index is 11.7. The zero-order valence-corrected chi connectivity index (χ0v) is 21.3. The van der Waals surface area contributed by atoms with Crippen molar-refractivity contribution in [1.29, 1.82) is 0 Å².